The van der Waals surface area contributed by atoms with Crippen LogP contribution in [-0.4, -0.2) is 55.2 Å². The maximum absolute atomic E-state index is 13.7. The summed E-state index contributed by atoms with van der Waals surface area (Å²) >= 11 is 1.65. The number of nitrogens with one attached hydrogen (secondary N) is 1. The lowest BCUT2D eigenvalue weighted by Crippen LogP contribution is -2.43. The van der Waals surface area contributed by atoms with Crippen LogP contribution in [0.25, 0.3) is 0 Å². The molecule has 0 unspecified atom stereocenters. The summed E-state index contributed by atoms with van der Waals surface area (Å²) in [6.07, 6.45) is 0.437. The number of hydrogen-bond acceptors (Lipinski definition) is 9. The normalized spacial score (nSPS) is 22.1. The van der Waals surface area contributed by atoms with E-state index in [2.05, 4.69) is 5.32 Å². The molecule has 1 heterocycles. The second kappa shape index (κ2) is 11.0. The number of phenols is 1. The first kappa shape index (κ1) is 25.7. The summed E-state index contributed by atoms with van der Waals surface area (Å²) in [4.78, 5) is 39.4. The molecule has 1 aromatic carbocycles. The lowest BCUT2D eigenvalue weighted by molar-refractivity contribution is -0.151. The molecule has 2 N–H and O–H groups in total. The molecular weight excluding hydrogens is 458 g/mol. The van der Waals surface area contributed by atoms with Gasteiger partial charge in [-0.2, -0.15) is 11.8 Å². The molecule has 0 fully saturated rings. The highest BCUT2D eigenvalue weighted by Crippen LogP contribution is 2.46. The van der Waals surface area contributed by atoms with E-state index in [1.807, 2.05) is 13.8 Å². The van der Waals surface area contributed by atoms with Gasteiger partial charge in [-0.25, -0.2) is 4.79 Å². The average Bonchev–Trinajstić information content (AvgIpc) is 2.80. The molecule has 1 aliphatic heterocycles. The summed E-state index contributed by atoms with van der Waals surface area (Å²) in [5.41, 5.74) is 2.35. The van der Waals surface area contributed by atoms with Gasteiger partial charge in [0.2, 0.25) is 0 Å². The number of carbonyl (C=O) groups is 3. The van der Waals surface area contributed by atoms with Crippen LogP contribution in [0.3, 0.4) is 0 Å². The quantitative estimate of drug-likeness (QED) is 0.323. The number of esters is 2. The number of aromatic hydroxyl groups is 1. The maximum Gasteiger partial charge on any atom is 0.336 e. The third-order valence-electron chi connectivity index (χ3n) is 6.16. The topological polar surface area (TPSA) is 111 Å². The number of hydrogen-bond donors (Lipinski definition) is 2. The van der Waals surface area contributed by atoms with Crippen LogP contribution < -0.4 is 10.1 Å². The molecule has 0 bridgehead atoms. The molecule has 3 rings (SSSR count). The van der Waals surface area contributed by atoms with Gasteiger partial charge in [0.05, 0.1) is 19.8 Å². The number of ether oxygens (including phenoxy) is 3. The highest BCUT2D eigenvalue weighted by Gasteiger charge is 2.47. The number of rotatable bonds is 8. The van der Waals surface area contributed by atoms with Crippen molar-refractivity contribution in [1.29, 1.82) is 0 Å². The van der Waals surface area contributed by atoms with Gasteiger partial charge in [0, 0.05) is 28.6 Å². The van der Waals surface area contributed by atoms with E-state index in [-0.39, 0.29) is 29.6 Å². The second-order valence-electron chi connectivity index (χ2n) is 8.30. The Morgan fingerprint density at radius 2 is 2.00 bits per heavy atom. The molecule has 1 aliphatic carbocycles. The van der Waals surface area contributed by atoms with E-state index in [0.717, 1.165) is 5.75 Å². The smallest absolute Gasteiger partial charge is 0.336 e. The Morgan fingerprint density at radius 1 is 1.26 bits per heavy atom. The summed E-state index contributed by atoms with van der Waals surface area (Å²) in [5.74, 6) is -1.89. The molecular formula is C25H31NO7S. The number of thioether (sulfide) groups is 1. The minimum atomic E-state index is -0.975. The first-order valence-corrected chi connectivity index (χ1v) is 12.3. The van der Waals surface area contributed by atoms with Crippen molar-refractivity contribution in [2.45, 2.75) is 33.1 Å². The van der Waals surface area contributed by atoms with Crippen LogP contribution in [0, 0.1) is 11.8 Å². The summed E-state index contributed by atoms with van der Waals surface area (Å²) in [5, 5.41) is 13.7. The molecule has 1 aromatic rings. The molecule has 34 heavy (non-hydrogen) atoms. The van der Waals surface area contributed by atoms with E-state index in [0.29, 0.717) is 34.7 Å². The van der Waals surface area contributed by atoms with Crippen LogP contribution >= 0.6 is 11.8 Å². The van der Waals surface area contributed by atoms with Gasteiger partial charge in [0.15, 0.2) is 17.3 Å². The minimum Gasteiger partial charge on any atom is -0.504 e. The zero-order valence-electron chi connectivity index (χ0n) is 20.1. The number of phenolic OH excluding ortho intramolecular Hbond substituents is 1. The van der Waals surface area contributed by atoms with Crippen LogP contribution in [-0.2, 0) is 23.9 Å². The van der Waals surface area contributed by atoms with Crippen molar-refractivity contribution in [3.05, 3.63) is 46.3 Å². The van der Waals surface area contributed by atoms with Crippen LogP contribution in [0.1, 0.15) is 38.7 Å². The fourth-order valence-corrected chi connectivity index (χ4v) is 5.08. The van der Waals surface area contributed by atoms with Gasteiger partial charge in [-0.15, -0.1) is 0 Å². The number of benzene rings is 1. The summed E-state index contributed by atoms with van der Waals surface area (Å²) in [6, 6.07) is 4.76. The molecule has 0 amide bonds. The fourth-order valence-electron chi connectivity index (χ4n) is 4.59. The Hall–Kier alpha value is -2.94. The Balaban J connectivity index is 2.11. The lowest BCUT2D eigenvalue weighted by atomic mass is 9.69. The van der Waals surface area contributed by atoms with Gasteiger partial charge >= 0.3 is 11.9 Å². The molecule has 184 valence electrons. The van der Waals surface area contributed by atoms with Crippen LogP contribution in [0.15, 0.2) is 40.7 Å². The van der Waals surface area contributed by atoms with Crippen molar-refractivity contribution in [3.63, 3.8) is 0 Å². The van der Waals surface area contributed by atoms with E-state index in [1.165, 1.54) is 20.3 Å². The maximum atomic E-state index is 13.7. The molecule has 0 spiro atoms. The first-order chi connectivity index (χ1) is 16.2. The number of carbonyl (C=O) groups excluding carboxylic acids is 3. The number of allylic oxidation sites excluding steroid dienone is 3. The summed E-state index contributed by atoms with van der Waals surface area (Å²) < 4.78 is 15.6. The number of dihydropyridines is 1. The van der Waals surface area contributed by atoms with Crippen LogP contribution in [0.5, 0.6) is 11.5 Å². The molecule has 0 aromatic heterocycles. The van der Waals surface area contributed by atoms with Crippen molar-refractivity contribution in [2.75, 3.05) is 32.3 Å². The molecule has 8 nitrogen and oxygen atoms in total. The zero-order chi connectivity index (χ0) is 25.0. The SMILES string of the molecule is CCSCCOC(=O)C1=C(C)NC2=C(C(=O)[C@H](C(=O)OC)[C@H](C)C2)[C@@H]1c1ccc(OC)c(O)c1. The average molecular weight is 490 g/mol. The third-order valence-corrected chi connectivity index (χ3v) is 7.03. The Labute approximate surface area is 203 Å². The zero-order valence-corrected chi connectivity index (χ0v) is 20.9. The minimum absolute atomic E-state index is 0.119. The highest BCUT2D eigenvalue weighted by atomic mass is 32.2. The molecule has 0 radical (unpaired) electrons. The lowest BCUT2D eigenvalue weighted by Gasteiger charge is -2.38. The van der Waals surface area contributed by atoms with E-state index in [9.17, 15) is 19.5 Å². The van der Waals surface area contributed by atoms with Crippen molar-refractivity contribution in [3.8, 4) is 11.5 Å². The highest BCUT2D eigenvalue weighted by molar-refractivity contribution is 7.99. The van der Waals surface area contributed by atoms with E-state index < -0.39 is 29.6 Å². The fraction of sp³-hybridized carbons (Fsp3) is 0.480. The Morgan fingerprint density at radius 3 is 2.62 bits per heavy atom. The van der Waals surface area contributed by atoms with Gasteiger partial charge in [0.1, 0.15) is 12.5 Å². The predicted molar refractivity (Wildman–Crippen MR) is 129 cm³/mol. The van der Waals surface area contributed by atoms with Crippen LogP contribution in [0.4, 0.5) is 0 Å². The molecule has 3 atom stereocenters. The monoisotopic (exact) mass is 489 g/mol. The molecule has 0 saturated heterocycles. The third kappa shape index (κ3) is 4.94. The van der Waals surface area contributed by atoms with Gasteiger partial charge in [-0.05, 0) is 42.7 Å². The number of ketones is 1. The predicted octanol–water partition coefficient (Wildman–Crippen LogP) is 3.31. The second-order valence-corrected chi connectivity index (χ2v) is 9.69. The van der Waals surface area contributed by atoms with Crippen molar-refractivity contribution >= 4 is 29.5 Å². The standard InChI is InChI=1S/C25H31NO7S/c1-6-34-10-9-33-25(30)20-14(3)26-16-11-13(2)19(24(29)32-5)23(28)22(16)21(20)15-7-8-18(31-4)17(27)12-15/h7-8,12-13,19,21,26-27H,6,9-11H2,1-5H3/t13-,19-,21-/m1/s1. The Bertz CT molecular complexity index is 1050. The number of Topliss-reactive ketones (excluding diaryl/α,β-unsaturated/α-hetero) is 1. The summed E-state index contributed by atoms with van der Waals surface area (Å²) in [6.45, 7) is 5.85. The van der Waals surface area contributed by atoms with E-state index in [4.69, 9.17) is 14.2 Å². The van der Waals surface area contributed by atoms with Crippen LogP contribution in [0.2, 0.25) is 0 Å². The van der Waals surface area contributed by atoms with Gasteiger partial charge < -0.3 is 24.6 Å². The molecule has 9 heteroatoms. The van der Waals surface area contributed by atoms with Crippen molar-refractivity contribution in [1.82, 2.24) is 5.32 Å². The summed E-state index contributed by atoms with van der Waals surface area (Å²) in [7, 11) is 2.69. The largest absolute Gasteiger partial charge is 0.504 e. The number of methoxy groups -OCH3 is 2. The van der Waals surface area contributed by atoms with E-state index >= 15 is 0 Å². The first-order valence-electron chi connectivity index (χ1n) is 11.2. The molecule has 0 saturated carbocycles. The van der Waals surface area contributed by atoms with Gasteiger partial charge in [-0.3, -0.25) is 9.59 Å². The molecule has 2 aliphatic rings. The van der Waals surface area contributed by atoms with E-state index in [1.54, 1.807) is 30.8 Å². The van der Waals surface area contributed by atoms with Crippen molar-refractivity contribution < 1.29 is 33.7 Å². The van der Waals surface area contributed by atoms with Gasteiger partial charge in [0.25, 0.3) is 0 Å². The van der Waals surface area contributed by atoms with Gasteiger partial charge in [-0.1, -0.05) is 19.9 Å². The van der Waals surface area contributed by atoms with Crippen molar-refractivity contribution in [2.24, 2.45) is 11.8 Å². The Kier molecular flexibility index (Phi) is 8.30.